The minimum absolute atomic E-state index is 0.0750. The Kier molecular flexibility index (Phi) is 4.98. The van der Waals surface area contributed by atoms with Gasteiger partial charge in [-0.15, -0.1) is 0 Å². The van der Waals surface area contributed by atoms with Crippen molar-refractivity contribution in [1.82, 2.24) is 19.1 Å². The predicted molar refractivity (Wildman–Crippen MR) is 116 cm³/mol. The van der Waals surface area contributed by atoms with Crippen LogP contribution < -0.4 is 10.9 Å². The summed E-state index contributed by atoms with van der Waals surface area (Å²) in [5, 5.41) is 17.4. The molecule has 1 aliphatic carbocycles. The van der Waals surface area contributed by atoms with Crippen LogP contribution in [-0.4, -0.2) is 46.7 Å². The minimum Gasteiger partial charge on any atom is -0.338 e. The highest BCUT2D eigenvalue weighted by Gasteiger charge is 2.37. The fraction of sp³-hybridized carbons (Fsp3) is 0.381. The first-order valence-corrected chi connectivity index (χ1v) is 11.8. The van der Waals surface area contributed by atoms with Crippen LogP contribution in [0.1, 0.15) is 25.3 Å². The van der Waals surface area contributed by atoms with Gasteiger partial charge in [0.05, 0.1) is 28.9 Å². The van der Waals surface area contributed by atoms with Crippen LogP contribution in [0.3, 0.4) is 0 Å². The van der Waals surface area contributed by atoms with E-state index in [0.717, 1.165) is 17.1 Å². The van der Waals surface area contributed by atoms with Gasteiger partial charge in [0, 0.05) is 25.0 Å². The Balaban J connectivity index is 1.47. The molecule has 0 spiro atoms. The molecule has 0 bridgehead atoms. The normalized spacial score (nSPS) is 18.2. The first-order valence-electron chi connectivity index (χ1n) is 10.4. The van der Waals surface area contributed by atoms with Crippen molar-refractivity contribution < 1.29 is 12.8 Å². The van der Waals surface area contributed by atoms with E-state index in [1.165, 1.54) is 12.1 Å². The number of aromatic nitrogens is 3. The fourth-order valence-electron chi connectivity index (χ4n) is 4.05. The highest BCUT2D eigenvalue weighted by molar-refractivity contribution is 7.89. The maximum atomic E-state index is 13.1. The summed E-state index contributed by atoms with van der Waals surface area (Å²) in [4.78, 5) is 15.3. The largest absolute Gasteiger partial charge is 0.338 e. The standard InChI is InChI=1S/C21H21FN6O3S/c22-14-11-27(12-14)32(30,31)16-5-3-15(4-6-16)25-20-19-18(8-10-24-21(19)29)28(26-20)17(7-9-23)13-1-2-13/h3-6,8,10,13-14,17H,1-2,7,11-12H2,(H,24,29)(H,25,26). The van der Waals surface area contributed by atoms with Gasteiger partial charge in [-0.25, -0.2) is 12.8 Å². The topological polar surface area (TPSA) is 124 Å². The number of nitriles is 1. The maximum absolute atomic E-state index is 13.1. The Bertz CT molecular complexity index is 1370. The number of aromatic amines is 1. The molecule has 1 saturated carbocycles. The molecule has 2 aliphatic rings. The Morgan fingerprint density at radius 1 is 1.25 bits per heavy atom. The lowest BCUT2D eigenvalue weighted by Gasteiger charge is -2.33. The molecule has 1 unspecified atom stereocenters. The van der Waals surface area contributed by atoms with Crippen molar-refractivity contribution in [2.24, 2.45) is 5.92 Å². The van der Waals surface area contributed by atoms with Crippen LogP contribution in [0.2, 0.25) is 0 Å². The number of halogens is 1. The Morgan fingerprint density at radius 3 is 2.59 bits per heavy atom. The molecule has 9 nitrogen and oxygen atoms in total. The number of anilines is 2. The molecule has 1 atom stereocenters. The summed E-state index contributed by atoms with van der Waals surface area (Å²) >= 11 is 0. The van der Waals surface area contributed by atoms with Gasteiger partial charge in [-0.1, -0.05) is 0 Å². The summed E-state index contributed by atoms with van der Waals surface area (Å²) in [5.41, 5.74) is 0.885. The van der Waals surface area contributed by atoms with Crippen LogP contribution in [0.5, 0.6) is 0 Å². The van der Waals surface area contributed by atoms with Crippen LogP contribution in [0.4, 0.5) is 15.9 Å². The molecular weight excluding hydrogens is 435 g/mol. The molecule has 1 aromatic carbocycles. The van der Waals surface area contributed by atoms with Gasteiger partial charge >= 0.3 is 0 Å². The van der Waals surface area contributed by atoms with Crippen LogP contribution in [0, 0.1) is 17.2 Å². The highest BCUT2D eigenvalue weighted by Crippen LogP contribution is 2.43. The molecule has 3 aromatic rings. The third-order valence-corrected chi connectivity index (χ3v) is 7.82. The number of H-pyrrole nitrogens is 1. The number of benzene rings is 1. The molecule has 2 N–H and O–H groups in total. The van der Waals surface area contributed by atoms with Crippen LogP contribution in [0.15, 0.2) is 46.2 Å². The lowest BCUT2D eigenvalue weighted by atomic mass is 10.1. The molecule has 2 aromatic heterocycles. The van der Waals surface area contributed by atoms with Gasteiger partial charge in [0.15, 0.2) is 5.82 Å². The first kappa shape index (κ1) is 20.7. The van der Waals surface area contributed by atoms with E-state index in [-0.39, 0.29) is 29.6 Å². The van der Waals surface area contributed by atoms with E-state index in [2.05, 4.69) is 21.5 Å². The molecular formula is C21H21FN6O3S. The predicted octanol–water partition coefficient (Wildman–Crippen LogP) is 2.68. The van der Waals surface area contributed by atoms with Gasteiger partial charge in [-0.2, -0.15) is 14.7 Å². The van der Waals surface area contributed by atoms with Crippen molar-refractivity contribution in [3.63, 3.8) is 0 Å². The van der Waals surface area contributed by atoms with Crippen molar-refractivity contribution >= 4 is 32.4 Å². The number of hydrogen-bond donors (Lipinski definition) is 2. The Labute approximate surface area is 183 Å². The monoisotopic (exact) mass is 456 g/mol. The van der Waals surface area contributed by atoms with Crippen LogP contribution >= 0.6 is 0 Å². The third-order valence-electron chi connectivity index (χ3n) is 5.97. The fourth-order valence-corrected chi connectivity index (χ4v) is 5.54. The van der Waals surface area contributed by atoms with Crippen LogP contribution in [-0.2, 0) is 10.0 Å². The summed E-state index contributed by atoms with van der Waals surface area (Å²) < 4.78 is 40.9. The number of alkyl halides is 1. The number of sulfonamides is 1. The van der Waals surface area contributed by atoms with Gasteiger partial charge in [-0.3, -0.25) is 9.48 Å². The Hall–Kier alpha value is -3.23. The van der Waals surface area contributed by atoms with Crippen molar-refractivity contribution in [1.29, 1.82) is 5.26 Å². The first-order chi connectivity index (χ1) is 15.4. The molecule has 0 amide bonds. The summed E-state index contributed by atoms with van der Waals surface area (Å²) in [7, 11) is -3.72. The van der Waals surface area contributed by atoms with Gasteiger partial charge < -0.3 is 10.3 Å². The maximum Gasteiger partial charge on any atom is 0.261 e. The van der Waals surface area contributed by atoms with Crippen molar-refractivity contribution in [2.75, 3.05) is 18.4 Å². The van der Waals surface area contributed by atoms with Gasteiger partial charge in [0.2, 0.25) is 10.0 Å². The summed E-state index contributed by atoms with van der Waals surface area (Å²) in [6.45, 7) is -0.251. The van der Waals surface area contributed by atoms with E-state index in [4.69, 9.17) is 0 Å². The molecule has 1 aliphatic heterocycles. The summed E-state index contributed by atoms with van der Waals surface area (Å²) in [5.74, 6) is 0.698. The molecule has 1 saturated heterocycles. The number of pyridine rings is 1. The minimum atomic E-state index is -3.72. The van der Waals surface area contributed by atoms with Gasteiger partial charge in [0.1, 0.15) is 11.6 Å². The van der Waals surface area contributed by atoms with E-state index < -0.39 is 16.2 Å². The zero-order valence-electron chi connectivity index (χ0n) is 17.0. The van der Waals surface area contributed by atoms with Gasteiger partial charge in [0.25, 0.3) is 5.56 Å². The second-order valence-electron chi connectivity index (χ2n) is 8.20. The van der Waals surface area contributed by atoms with Gasteiger partial charge in [-0.05, 0) is 49.1 Å². The molecule has 32 heavy (non-hydrogen) atoms. The molecule has 11 heteroatoms. The van der Waals surface area contributed by atoms with E-state index in [9.17, 15) is 22.9 Å². The summed E-state index contributed by atoms with van der Waals surface area (Å²) in [6.07, 6.45) is 2.79. The van der Waals surface area contributed by atoms with Crippen molar-refractivity contribution in [2.45, 2.75) is 36.4 Å². The third kappa shape index (κ3) is 3.55. The second-order valence-corrected chi connectivity index (χ2v) is 10.1. The van der Waals surface area contributed by atoms with Crippen LogP contribution in [0.25, 0.3) is 10.9 Å². The number of hydrogen-bond acceptors (Lipinski definition) is 6. The quantitative estimate of drug-likeness (QED) is 0.563. The lowest BCUT2D eigenvalue weighted by molar-refractivity contribution is 0.141. The zero-order valence-corrected chi connectivity index (χ0v) is 17.8. The molecule has 5 rings (SSSR count). The number of rotatable bonds is 7. The Morgan fingerprint density at radius 2 is 1.97 bits per heavy atom. The zero-order chi connectivity index (χ0) is 22.5. The number of fused-ring (bicyclic) bond motifs is 1. The molecule has 2 fully saturated rings. The molecule has 0 radical (unpaired) electrons. The van der Waals surface area contributed by atoms with Crippen molar-refractivity contribution in [3.05, 3.63) is 46.9 Å². The SMILES string of the molecule is N#CCC(C1CC1)n1nc(Nc2ccc(S(=O)(=O)N3CC(F)C3)cc2)c2c(=O)[nH]ccc21. The van der Waals surface area contributed by atoms with E-state index in [1.807, 2.05) is 0 Å². The number of nitrogens with zero attached hydrogens (tertiary/aromatic N) is 4. The van der Waals surface area contributed by atoms with E-state index >= 15 is 0 Å². The van der Waals surface area contributed by atoms with E-state index in [1.54, 1.807) is 29.1 Å². The smallest absolute Gasteiger partial charge is 0.261 e. The summed E-state index contributed by atoms with van der Waals surface area (Å²) in [6, 6.07) is 9.91. The average molecular weight is 457 g/mol. The van der Waals surface area contributed by atoms with E-state index in [0.29, 0.717) is 34.7 Å². The average Bonchev–Trinajstić information content (AvgIpc) is 3.52. The lowest BCUT2D eigenvalue weighted by Crippen LogP contribution is -2.51. The second kappa shape index (κ2) is 7.72. The molecule has 3 heterocycles. The van der Waals surface area contributed by atoms with Crippen molar-refractivity contribution in [3.8, 4) is 6.07 Å². The highest BCUT2D eigenvalue weighted by atomic mass is 32.2. The molecule has 166 valence electrons. The number of nitrogens with one attached hydrogen (secondary N) is 2.